The maximum Gasteiger partial charge on any atom is 0.251 e. The number of aromatic nitrogens is 3. The third-order valence-corrected chi connectivity index (χ3v) is 4.61. The molecule has 0 bridgehead atoms. The van der Waals surface area contributed by atoms with Crippen molar-refractivity contribution in [3.05, 3.63) is 72.4 Å². The number of hydrogen-bond donors (Lipinski definition) is 1. The summed E-state index contributed by atoms with van der Waals surface area (Å²) in [7, 11) is 0. The molecular formula is C20H19N5O2. The van der Waals surface area contributed by atoms with Crippen LogP contribution in [0.4, 0.5) is 0 Å². The van der Waals surface area contributed by atoms with Gasteiger partial charge >= 0.3 is 0 Å². The maximum absolute atomic E-state index is 12.2. The molecule has 0 radical (unpaired) electrons. The quantitative estimate of drug-likeness (QED) is 0.751. The van der Waals surface area contributed by atoms with Crippen LogP contribution in [0.2, 0.25) is 0 Å². The molecule has 1 aliphatic rings. The second-order valence-electron chi connectivity index (χ2n) is 6.45. The van der Waals surface area contributed by atoms with Crippen molar-refractivity contribution in [2.45, 2.75) is 6.04 Å². The molecule has 1 N–H and O–H groups in total. The molecule has 7 heteroatoms. The van der Waals surface area contributed by atoms with E-state index in [1.165, 1.54) is 0 Å². The molecule has 1 aromatic heterocycles. The molecule has 2 heterocycles. The standard InChI is InChI=1S/C20H19N5O2/c26-19(11-21-20(27)16-9-5-2-6-10-16)24-12-17(13-24)25-14-18(22-23-25)15-7-3-1-4-8-15/h1-10,14,17H,11-13H2,(H,21,27). The van der Waals surface area contributed by atoms with Gasteiger partial charge in [-0.05, 0) is 12.1 Å². The van der Waals surface area contributed by atoms with Crippen molar-refractivity contribution >= 4 is 11.8 Å². The van der Waals surface area contributed by atoms with E-state index in [1.54, 1.807) is 33.8 Å². The zero-order valence-electron chi connectivity index (χ0n) is 14.7. The Labute approximate surface area is 156 Å². The summed E-state index contributed by atoms with van der Waals surface area (Å²) in [6.45, 7) is 1.13. The van der Waals surface area contributed by atoms with Crippen LogP contribution in [0.1, 0.15) is 16.4 Å². The number of nitrogens with one attached hydrogen (secondary N) is 1. The first kappa shape index (κ1) is 17.0. The number of carbonyl (C=O) groups excluding carboxylic acids is 2. The highest BCUT2D eigenvalue weighted by Crippen LogP contribution is 2.23. The summed E-state index contributed by atoms with van der Waals surface area (Å²) in [6, 6.07) is 18.8. The van der Waals surface area contributed by atoms with Crippen LogP contribution in [-0.4, -0.2) is 51.3 Å². The minimum Gasteiger partial charge on any atom is -0.343 e. The van der Waals surface area contributed by atoms with E-state index in [2.05, 4.69) is 15.6 Å². The van der Waals surface area contributed by atoms with E-state index in [1.807, 2.05) is 42.6 Å². The van der Waals surface area contributed by atoms with Crippen molar-refractivity contribution in [1.82, 2.24) is 25.2 Å². The first-order chi connectivity index (χ1) is 13.2. The second-order valence-corrected chi connectivity index (χ2v) is 6.45. The van der Waals surface area contributed by atoms with E-state index in [9.17, 15) is 9.59 Å². The molecule has 27 heavy (non-hydrogen) atoms. The van der Waals surface area contributed by atoms with Gasteiger partial charge in [-0.1, -0.05) is 53.7 Å². The first-order valence-corrected chi connectivity index (χ1v) is 8.79. The van der Waals surface area contributed by atoms with Crippen LogP contribution in [0.25, 0.3) is 11.3 Å². The van der Waals surface area contributed by atoms with Crippen LogP contribution in [0, 0.1) is 0 Å². The van der Waals surface area contributed by atoms with Gasteiger partial charge in [-0.2, -0.15) is 0 Å². The monoisotopic (exact) mass is 361 g/mol. The van der Waals surface area contributed by atoms with Gasteiger partial charge in [-0.3, -0.25) is 9.59 Å². The van der Waals surface area contributed by atoms with Crippen molar-refractivity contribution < 1.29 is 9.59 Å². The van der Waals surface area contributed by atoms with E-state index < -0.39 is 0 Å². The molecule has 7 nitrogen and oxygen atoms in total. The average molecular weight is 361 g/mol. The minimum atomic E-state index is -0.246. The van der Waals surface area contributed by atoms with E-state index in [4.69, 9.17) is 0 Å². The molecular weight excluding hydrogens is 342 g/mol. The van der Waals surface area contributed by atoms with E-state index in [-0.39, 0.29) is 24.4 Å². The molecule has 3 aromatic rings. The number of amides is 2. The van der Waals surface area contributed by atoms with Gasteiger partial charge in [-0.25, -0.2) is 4.68 Å². The van der Waals surface area contributed by atoms with Crippen LogP contribution in [0.3, 0.4) is 0 Å². The van der Waals surface area contributed by atoms with Crippen LogP contribution < -0.4 is 5.32 Å². The summed E-state index contributed by atoms with van der Waals surface area (Å²) >= 11 is 0. The van der Waals surface area contributed by atoms with Gasteiger partial charge in [0.25, 0.3) is 5.91 Å². The normalized spacial score (nSPS) is 13.9. The van der Waals surface area contributed by atoms with E-state index in [0.717, 1.165) is 11.3 Å². The Kier molecular flexibility index (Phi) is 4.65. The molecule has 0 saturated carbocycles. The Balaban J connectivity index is 1.27. The summed E-state index contributed by atoms with van der Waals surface area (Å²) in [5, 5.41) is 11.0. The van der Waals surface area contributed by atoms with E-state index in [0.29, 0.717) is 18.7 Å². The summed E-state index contributed by atoms with van der Waals surface area (Å²) in [5.41, 5.74) is 2.37. The Bertz CT molecular complexity index is 933. The fraction of sp³-hybridized carbons (Fsp3) is 0.200. The molecule has 2 aromatic carbocycles. The van der Waals surface area contributed by atoms with Gasteiger partial charge in [0.1, 0.15) is 5.69 Å². The SMILES string of the molecule is O=C(NCC(=O)N1CC(n2cc(-c3ccccc3)nn2)C1)c1ccccc1. The number of carbonyl (C=O) groups is 2. The zero-order valence-corrected chi connectivity index (χ0v) is 14.7. The van der Waals surface area contributed by atoms with Crippen molar-refractivity contribution in [1.29, 1.82) is 0 Å². The highest BCUT2D eigenvalue weighted by molar-refractivity contribution is 5.96. The molecule has 4 rings (SSSR count). The fourth-order valence-electron chi connectivity index (χ4n) is 2.98. The van der Waals surface area contributed by atoms with Crippen molar-refractivity contribution in [3.8, 4) is 11.3 Å². The van der Waals surface area contributed by atoms with E-state index >= 15 is 0 Å². The predicted octanol–water partition coefficient (Wildman–Crippen LogP) is 1.76. The van der Waals surface area contributed by atoms with Gasteiger partial charge < -0.3 is 10.2 Å². The lowest BCUT2D eigenvalue weighted by Crippen LogP contribution is -2.53. The number of rotatable bonds is 5. The lowest BCUT2D eigenvalue weighted by atomic mass is 10.1. The molecule has 2 amide bonds. The molecule has 0 atom stereocenters. The average Bonchev–Trinajstić information content (AvgIpc) is 3.16. The summed E-state index contributed by atoms with van der Waals surface area (Å²) in [4.78, 5) is 25.9. The van der Waals surface area contributed by atoms with Gasteiger partial charge in [0.05, 0.1) is 18.8 Å². The zero-order chi connectivity index (χ0) is 18.6. The van der Waals surface area contributed by atoms with Gasteiger partial charge in [0.2, 0.25) is 5.91 Å². The third kappa shape index (κ3) is 3.72. The number of benzene rings is 2. The summed E-state index contributed by atoms with van der Waals surface area (Å²) in [5.74, 6) is -0.344. The lowest BCUT2D eigenvalue weighted by molar-refractivity contribution is -0.136. The lowest BCUT2D eigenvalue weighted by Gasteiger charge is -2.38. The molecule has 1 aliphatic heterocycles. The molecule has 136 valence electrons. The maximum atomic E-state index is 12.2. The van der Waals surface area contributed by atoms with Gasteiger partial charge in [-0.15, -0.1) is 5.10 Å². The Morgan fingerprint density at radius 2 is 1.67 bits per heavy atom. The smallest absolute Gasteiger partial charge is 0.251 e. The summed E-state index contributed by atoms with van der Waals surface area (Å²) < 4.78 is 1.80. The van der Waals surface area contributed by atoms with Crippen molar-refractivity contribution in [3.63, 3.8) is 0 Å². The molecule has 1 saturated heterocycles. The number of hydrogen-bond acceptors (Lipinski definition) is 4. The number of likely N-dealkylation sites (tertiary alicyclic amines) is 1. The Morgan fingerprint density at radius 1 is 1.00 bits per heavy atom. The van der Waals surface area contributed by atoms with Gasteiger partial charge in [0, 0.05) is 24.2 Å². The van der Waals surface area contributed by atoms with Gasteiger partial charge in [0.15, 0.2) is 0 Å². The highest BCUT2D eigenvalue weighted by Gasteiger charge is 2.32. The van der Waals surface area contributed by atoms with Crippen LogP contribution in [0.5, 0.6) is 0 Å². The third-order valence-electron chi connectivity index (χ3n) is 4.61. The minimum absolute atomic E-state index is 0.00687. The van der Waals surface area contributed by atoms with Crippen LogP contribution in [0.15, 0.2) is 66.9 Å². The fourth-order valence-corrected chi connectivity index (χ4v) is 2.98. The number of nitrogens with zero attached hydrogens (tertiary/aromatic N) is 4. The molecule has 0 unspecified atom stereocenters. The van der Waals surface area contributed by atoms with Crippen LogP contribution >= 0.6 is 0 Å². The first-order valence-electron chi connectivity index (χ1n) is 8.79. The predicted molar refractivity (Wildman–Crippen MR) is 99.9 cm³/mol. The van der Waals surface area contributed by atoms with Crippen molar-refractivity contribution in [2.24, 2.45) is 0 Å². The van der Waals surface area contributed by atoms with Crippen molar-refractivity contribution in [2.75, 3.05) is 19.6 Å². The largest absolute Gasteiger partial charge is 0.343 e. The second kappa shape index (κ2) is 7.41. The molecule has 0 aliphatic carbocycles. The highest BCUT2D eigenvalue weighted by atomic mass is 16.2. The molecule has 1 fully saturated rings. The molecule has 0 spiro atoms. The Hall–Kier alpha value is -3.48. The topological polar surface area (TPSA) is 80.1 Å². The Morgan fingerprint density at radius 3 is 2.37 bits per heavy atom. The summed E-state index contributed by atoms with van der Waals surface area (Å²) in [6.07, 6.45) is 1.90. The van der Waals surface area contributed by atoms with Crippen LogP contribution in [-0.2, 0) is 4.79 Å².